The number of hydrogen-bond donors (Lipinski definition) is 1. The Morgan fingerprint density at radius 3 is 2.57 bits per heavy atom. The van der Waals surface area contributed by atoms with Crippen LogP contribution in [0.3, 0.4) is 0 Å². The lowest BCUT2D eigenvalue weighted by atomic mass is 10.2. The van der Waals surface area contributed by atoms with E-state index in [4.69, 9.17) is 5.73 Å². The number of nitrogen functional groups attached to an aromatic ring is 1. The number of anilines is 1. The summed E-state index contributed by atoms with van der Waals surface area (Å²) in [6, 6.07) is 8.13. The van der Waals surface area contributed by atoms with Gasteiger partial charge in [-0.25, -0.2) is 19.3 Å². The zero-order valence-electron chi connectivity index (χ0n) is 12.7. The molecule has 0 amide bonds. The molecule has 0 aliphatic heterocycles. The number of thiazole rings is 1. The van der Waals surface area contributed by atoms with Crippen LogP contribution in [0.2, 0.25) is 0 Å². The van der Waals surface area contributed by atoms with E-state index in [9.17, 15) is 4.39 Å². The normalized spacial score (nSPS) is 10.9. The molecule has 23 heavy (non-hydrogen) atoms. The molecule has 0 fully saturated rings. The highest BCUT2D eigenvalue weighted by atomic mass is 32.2. The summed E-state index contributed by atoms with van der Waals surface area (Å²) in [5.74, 6) is 0.904. The number of nitrogens with two attached hydrogens (primary N) is 1. The van der Waals surface area contributed by atoms with Gasteiger partial charge in [-0.3, -0.25) is 0 Å². The maximum atomic E-state index is 13.0. The van der Waals surface area contributed by atoms with Crippen molar-refractivity contribution in [3.63, 3.8) is 0 Å². The molecule has 0 spiro atoms. The van der Waals surface area contributed by atoms with Gasteiger partial charge < -0.3 is 5.73 Å². The van der Waals surface area contributed by atoms with Crippen molar-refractivity contribution in [3.8, 4) is 10.6 Å². The Morgan fingerprint density at radius 1 is 1.13 bits per heavy atom. The molecule has 2 aromatic heterocycles. The zero-order chi connectivity index (χ0) is 16.4. The molecule has 3 aromatic rings. The highest BCUT2D eigenvalue weighted by molar-refractivity contribution is 7.98. The third kappa shape index (κ3) is 3.86. The van der Waals surface area contributed by atoms with Gasteiger partial charge in [0.15, 0.2) is 5.16 Å². The van der Waals surface area contributed by atoms with Crippen molar-refractivity contribution >= 4 is 28.9 Å². The molecule has 0 aliphatic carbocycles. The Labute approximate surface area is 142 Å². The molecule has 0 aliphatic rings. The lowest BCUT2D eigenvalue weighted by molar-refractivity contribution is 0.628. The lowest BCUT2D eigenvalue weighted by Gasteiger charge is -2.02. The summed E-state index contributed by atoms with van der Waals surface area (Å²) < 4.78 is 13.0. The number of aromatic nitrogens is 3. The fourth-order valence-corrected chi connectivity index (χ4v) is 3.99. The lowest BCUT2D eigenvalue weighted by Crippen LogP contribution is -1.97. The first-order valence-electron chi connectivity index (χ1n) is 6.97. The predicted molar refractivity (Wildman–Crippen MR) is 93.0 cm³/mol. The number of thioether (sulfide) groups is 1. The van der Waals surface area contributed by atoms with Gasteiger partial charge in [0.1, 0.15) is 16.6 Å². The molecule has 0 radical (unpaired) electrons. The van der Waals surface area contributed by atoms with E-state index < -0.39 is 0 Å². The van der Waals surface area contributed by atoms with Crippen molar-refractivity contribution in [1.82, 2.24) is 15.0 Å². The van der Waals surface area contributed by atoms with Crippen molar-refractivity contribution in [3.05, 3.63) is 52.4 Å². The predicted octanol–water partition coefficient (Wildman–Crippen LogP) is 4.23. The van der Waals surface area contributed by atoms with Crippen molar-refractivity contribution in [2.24, 2.45) is 0 Å². The average Bonchev–Trinajstić information content (AvgIpc) is 2.86. The molecule has 0 saturated carbocycles. The van der Waals surface area contributed by atoms with Gasteiger partial charge in [-0.05, 0) is 38.1 Å². The summed E-state index contributed by atoms with van der Waals surface area (Å²) in [7, 11) is 0. The van der Waals surface area contributed by atoms with Crippen LogP contribution >= 0.6 is 23.1 Å². The van der Waals surface area contributed by atoms with Gasteiger partial charge in [0.25, 0.3) is 0 Å². The van der Waals surface area contributed by atoms with E-state index in [2.05, 4.69) is 15.0 Å². The van der Waals surface area contributed by atoms with Gasteiger partial charge in [-0.15, -0.1) is 11.3 Å². The van der Waals surface area contributed by atoms with Crippen molar-refractivity contribution in [2.75, 3.05) is 5.73 Å². The Balaban J connectivity index is 1.77. The number of benzene rings is 1. The molecule has 118 valence electrons. The van der Waals surface area contributed by atoms with Gasteiger partial charge in [0.05, 0.1) is 5.69 Å². The van der Waals surface area contributed by atoms with Crippen LogP contribution in [0.15, 0.2) is 35.5 Å². The molecule has 0 saturated heterocycles. The number of hydrogen-bond acceptors (Lipinski definition) is 6. The Kier molecular flexibility index (Phi) is 4.58. The molecule has 0 atom stereocenters. The Morgan fingerprint density at radius 2 is 1.87 bits per heavy atom. The van der Waals surface area contributed by atoms with Gasteiger partial charge >= 0.3 is 0 Å². The molecular formula is C16H15FN4S2. The summed E-state index contributed by atoms with van der Waals surface area (Å²) in [5, 5.41) is 1.54. The van der Waals surface area contributed by atoms with Crippen LogP contribution in [0.4, 0.5) is 10.2 Å². The fourth-order valence-electron chi connectivity index (χ4n) is 2.04. The highest BCUT2D eigenvalue weighted by Crippen LogP contribution is 2.30. The minimum absolute atomic E-state index is 0.244. The van der Waals surface area contributed by atoms with Gasteiger partial charge in [0, 0.05) is 28.0 Å². The summed E-state index contributed by atoms with van der Waals surface area (Å²) >= 11 is 3.11. The second kappa shape index (κ2) is 6.64. The standard InChI is InChI=1S/C16H15FN4S2/c1-9-7-14(18)21-16(19-9)22-8-13-10(2)23-15(20-13)11-3-5-12(17)6-4-11/h3-7H,8H2,1-2H3,(H2,18,19,21). The molecule has 2 N–H and O–H groups in total. The minimum atomic E-state index is -0.244. The second-order valence-electron chi connectivity index (χ2n) is 5.03. The Hall–Kier alpha value is -1.99. The fraction of sp³-hybridized carbons (Fsp3) is 0.188. The van der Waals surface area contributed by atoms with Crippen LogP contribution in [0, 0.1) is 19.7 Å². The third-order valence-corrected chi connectivity index (χ3v) is 5.10. The van der Waals surface area contributed by atoms with Crippen LogP contribution < -0.4 is 5.73 Å². The average molecular weight is 346 g/mol. The van der Waals surface area contributed by atoms with Crippen LogP contribution in [0.1, 0.15) is 16.3 Å². The van der Waals surface area contributed by atoms with E-state index in [0.717, 1.165) is 26.8 Å². The quantitative estimate of drug-likeness (QED) is 0.566. The van der Waals surface area contributed by atoms with E-state index in [1.165, 1.54) is 23.9 Å². The van der Waals surface area contributed by atoms with Crippen molar-refractivity contribution in [1.29, 1.82) is 0 Å². The van der Waals surface area contributed by atoms with Crippen molar-refractivity contribution in [2.45, 2.75) is 24.8 Å². The molecule has 0 bridgehead atoms. The topological polar surface area (TPSA) is 64.7 Å². The van der Waals surface area contributed by atoms with Crippen LogP contribution in [-0.4, -0.2) is 15.0 Å². The van der Waals surface area contributed by atoms with E-state index in [1.54, 1.807) is 29.5 Å². The molecule has 1 aromatic carbocycles. The minimum Gasteiger partial charge on any atom is -0.384 e. The monoisotopic (exact) mass is 346 g/mol. The number of nitrogens with zero attached hydrogens (tertiary/aromatic N) is 3. The van der Waals surface area contributed by atoms with Crippen LogP contribution in [0.25, 0.3) is 10.6 Å². The number of halogens is 1. The Bertz CT molecular complexity index is 810. The maximum Gasteiger partial charge on any atom is 0.190 e. The first-order chi connectivity index (χ1) is 11.0. The van der Waals surface area contributed by atoms with Gasteiger partial charge in [-0.1, -0.05) is 11.8 Å². The van der Waals surface area contributed by atoms with Gasteiger partial charge in [-0.2, -0.15) is 0 Å². The number of aryl methyl sites for hydroxylation is 2. The third-order valence-electron chi connectivity index (χ3n) is 3.18. The van der Waals surface area contributed by atoms with E-state index in [0.29, 0.717) is 16.7 Å². The second-order valence-corrected chi connectivity index (χ2v) is 7.18. The zero-order valence-corrected chi connectivity index (χ0v) is 14.3. The molecule has 2 heterocycles. The maximum absolute atomic E-state index is 13.0. The molecule has 0 unspecified atom stereocenters. The van der Waals surface area contributed by atoms with E-state index >= 15 is 0 Å². The molecule has 7 heteroatoms. The highest BCUT2D eigenvalue weighted by Gasteiger charge is 2.11. The summed E-state index contributed by atoms with van der Waals surface area (Å²) in [6.45, 7) is 3.93. The van der Waals surface area contributed by atoms with Crippen molar-refractivity contribution < 1.29 is 4.39 Å². The largest absolute Gasteiger partial charge is 0.384 e. The van der Waals surface area contributed by atoms with E-state index in [-0.39, 0.29) is 5.82 Å². The molecule has 3 rings (SSSR count). The first kappa shape index (κ1) is 15.9. The SMILES string of the molecule is Cc1cc(N)nc(SCc2nc(-c3ccc(F)cc3)sc2C)n1. The van der Waals surface area contributed by atoms with Crippen LogP contribution in [-0.2, 0) is 5.75 Å². The van der Waals surface area contributed by atoms with Crippen LogP contribution in [0.5, 0.6) is 0 Å². The summed E-state index contributed by atoms with van der Waals surface area (Å²) in [5.41, 5.74) is 8.50. The first-order valence-corrected chi connectivity index (χ1v) is 8.77. The smallest absolute Gasteiger partial charge is 0.190 e. The van der Waals surface area contributed by atoms with E-state index in [1.807, 2.05) is 13.8 Å². The molecular weight excluding hydrogens is 331 g/mol. The van der Waals surface area contributed by atoms with Gasteiger partial charge in [0.2, 0.25) is 0 Å². The summed E-state index contributed by atoms with van der Waals surface area (Å²) in [6.07, 6.45) is 0. The molecule has 4 nitrogen and oxygen atoms in total. The number of rotatable bonds is 4. The summed E-state index contributed by atoms with van der Waals surface area (Å²) in [4.78, 5) is 14.4.